The number of nitrogens with zero attached hydrogens (tertiary/aromatic N) is 1. The largest absolute Gasteiger partial charge is 0.496 e. The highest BCUT2D eigenvalue weighted by Crippen LogP contribution is 2.21. The zero-order chi connectivity index (χ0) is 21.2. The molecule has 7 nitrogen and oxygen atoms in total. The normalized spacial score (nSPS) is 16.6. The summed E-state index contributed by atoms with van der Waals surface area (Å²) in [5.41, 5.74) is 2.00. The third-order valence-corrected chi connectivity index (χ3v) is 5.10. The summed E-state index contributed by atoms with van der Waals surface area (Å²) in [7, 11) is 1.57. The molecule has 7 heteroatoms. The van der Waals surface area contributed by atoms with E-state index in [1.165, 1.54) is 5.56 Å². The van der Waals surface area contributed by atoms with Crippen LogP contribution < -0.4 is 15.4 Å². The summed E-state index contributed by atoms with van der Waals surface area (Å²) >= 11 is 0. The summed E-state index contributed by atoms with van der Waals surface area (Å²) in [5.74, 6) is -0.581. The van der Waals surface area contributed by atoms with Crippen molar-refractivity contribution < 1.29 is 19.1 Å². The molecule has 1 fully saturated rings. The van der Waals surface area contributed by atoms with E-state index < -0.39 is 11.8 Å². The molecule has 2 amide bonds. The Bertz CT molecular complexity index is 828. The van der Waals surface area contributed by atoms with Crippen LogP contribution in [0.1, 0.15) is 23.7 Å². The average molecular weight is 412 g/mol. The number of benzene rings is 2. The van der Waals surface area contributed by atoms with Crippen molar-refractivity contribution in [1.82, 2.24) is 15.5 Å². The van der Waals surface area contributed by atoms with E-state index >= 15 is 0 Å². The molecule has 0 bridgehead atoms. The van der Waals surface area contributed by atoms with Crippen LogP contribution in [0.25, 0.3) is 0 Å². The maximum absolute atomic E-state index is 12.0. The second-order valence-electron chi connectivity index (χ2n) is 7.17. The van der Waals surface area contributed by atoms with Gasteiger partial charge in [-0.15, -0.1) is 0 Å². The van der Waals surface area contributed by atoms with Gasteiger partial charge in [0.15, 0.2) is 0 Å². The Morgan fingerprint density at radius 2 is 1.80 bits per heavy atom. The van der Waals surface area contributed by atoms with Crippen molar-refractivity contribution in [1.29, 1.82) is 0 Å². The Hall–Kier alpha value is -2.90. The Morgan fingerprint density at radius 1 is 1.07 bits per heavy atom. The molecule has 0 aromatic heterocycles. The molecule has 1 atom stereocenters. The van der Waals surface area contributed by atoms with Crippen LogP contribution in [0.5, 0.6) is 5.75 Å². The van der Waals surface area contributed by atoms with Crippen LogP contribution in [0.3, 0.4) is 0 Å². The zero-order valence-corrected chi connectivity index (χ0v) is 17.3. The number of hydrogen-bond donors (Lipinski definition) is 2. The number of para-hydroxylation sites is 1. The zero-order valence-electron chi connectivity index (χ0n) is 17.3. The Balaban J connectivity index is 1.34. The highest BCUT2D eigenvalue weighted by Gasteiger charge is 2.21. The first-order chi connectivity index (χ1) is 14.7. The van der Waals surface area contributed by atoms with Crippen LogP contribution in [0, 0.1) is 0 Å². The lowest BCUT2D eigenvalue weighted by molar-refractivity contribution is -0.139. The van der Waals surface area contributed by atoms with Crippen molar-refractivity contribution >= 4 is 11.8 Å². The van der Waals surface area contributed by atoms with E-state index in [0.717, 1.165) is 31.6 Å². The van der Waals surface area contributed by atoms with Gasteiger partial charge in [0.2, 0.25) is 0 Å². The molecule has 30 heavy (non-hydrogen) atoms. The number of morpholine rings is 1. The number of nitrogens with one attached hydrogen (secondary N) is 2. The number of carbonyl (C=O) groups is 2. The highest BCUT2D eigenvalue weighted by atomic mass is 16.5. The van der Waals surface area contributed by atoms with Crippen LogP contribution in [-0.4, -0.2) is 56.6 Å². The summed E-state index contributed by atoms with van der Waals surface area (Å²) in [6, 6.07) is 17.6. The topological polar surface area (TPSA) is 79.9 Å². The number of ether oxygens (including phenoxy) is 2. The maximum atomic E-state index is 12.0. The maximum Gasteiger partial charge on any atom is 0.309 e. The van der Waals surface area contributed by atoms with Crippen LogP contribution in [0.2, 0.25) is 0 Å². The van der Waals surface area contributed by atoms with Crippen molar-refractivity contribution in [3.05, 3.63) is 65.7 Å². The van der Waals surface area contributed by atoms with Crippen molar-refractivity contribution in [3.8, 4) is 5.75 Å². The third-order valence-electron chi connectivity index (χ3n) is 5.10. The lowest BCUT2D eigenvalue weighted by Crippen LogP contribution is -2.42. The van der Waals surface area contributed by atoms with Crippen molar-refractivity contribution in [2.45, 2.75) is 19.1 Å². The first-order valence-electron chi connectivity index (χ1n) is 10.2. The number of amides is 2. The van der Waals surface area contributed by atoms with E-state index in [9.17, 15) is 9.59 Å². The van der Waals surface area contributed by atoms with Gasteiger partial charge in [-0.1, -0.05) is 48.5 Å². The second-order valence-corrected chi connectivity index (χ2v) is 7.17. The molecule has 3 rings (SSSR count). The van der Waals surface area contributed by atoms with Crippen LogP contribution in [0.4, 0.5) is 0 Å². The van der Waals surface area contributed by atoms with Gasteiger partial charge in [0.1, 0.15) is 5.75 Å². The van der Waals surface area contributed by atoms with E-state index in [1.807, 2.05) is 42.5 Å². The number of methoxy groups -OCH3 is 1. The Labute approximate surface area is 177 Å². The minimum atomic E-state index is -0.642. The fourth-order valence-corrected chi connectivity index (χ4v) is 3.46. The molecule has 2 aromatic rings. The van der Waals surface area contributed by atoms with Gasteiger partial charge in [0.25, 0.3) is 0 Å². The summed E-state index contributed by atoms with van der Waals surface area (Å²) in [5, 5.41) is 5.32. The third kappa shape index (κ3) is 6.30. The fraction of sp³-hybridized carbons (Fsp3) is 0.391. The van der Waals surface area contributed by atoms with E-state index in [2.05, 4.69) is 27.7 Å². The molecule has 1 saturated heterocycles. The van der Waals surface area contributed by atoms with Crippen LogP contribution in [-0.2, 0) is 20.9 Å². The summed E-state index contributed by atoms with van der Waals surface area (Å²) < 4.78 is 11.1. The monoisotopic (exact) mass is 411 g/mol. The van der Waals surface area contributed by atoms with Crippen molar-refractivity contribution in [3.63, 3.8) is 0 Å². The molecule has 0 aliphatic carbocycles. The first-order valence-corrected chi connectivity index (χ1v) is 10.2. The molecule has 1 unspecified atom stereocenters. The lowest BCUT2D eigenvalue weighted by atomic mass is 10.1. The summed E-state index contributed by atoms with van der Waals surface area (Å²) in [6.45, 7) is 3.93. The molecule has 2 N–H and O–H groups in total. The van der Waals surface area contributed by atoms with Crippen molar-refractivity contribution in [2.75, 3.05) is 39.9 Å². The lowest BCUT2D eigenvalue weighted by Gasteiger charge is -2.33. The summed E-state index contributed by atoms with van der Waals surface area (Å²) in [6.07, 6.45) is 0.850. The number of rotatable bonds is 8. The van der Waals surface area contributed by atoms with Crippen molar-refractivity contribution in [2.24, 2.45) is 0 Å². The molecular formula is C23H29N3O4. The molecule has 0 spiro atoms. The molecule has 1 aliphatic rings. The van der Waals surface area contributed by atoms with Gasteiger partial charge in [-0.25, -0.2) is 0 Å². The van der Waals surface area contributed by atoms with E-state index in [1.54, 1.807) is 7.11 Å². The van der Waals surface area contributed by atoms with E-state index in [4.69, 9.17) is 9.47 Å². The number of carbonyl (C=O) groups excluding carboxylic acids is 2. The molecule has 1 aliphatic heterocycles. The molecule has 0 saturated carbocycles. The second kappa shape index (κ2) is 11.3. The minimum Gasteiger partial charge on any atom is -0.496 e. The SMILES string of the molecule is COc1ccccc1CNC(=O)C(=O)NCCCN1CCOC(c2ccccc2)C1. The van der Waals surface area contributed by atoms with Gasteiger partial charge in [-0.2, -0.15) is 0 Å². The Kier molecular flexibility index (Phi) is 8.23. The van der Waals surface area contributed by atoms with Gasteiger partial charge in [0.05, 0.1) is 19.8 Å². The molecular weight excluding hydrogens is 382 g/mol. The Morgan fingerprint density at radius 3 is 2.60 bits per heavy atom. The van der Waals surface area contributed by atoms with Crippen LogP contribution in [0.15, 0.2) is 54.6 Å². The van der Waals surface area contributed by atoms with Gasteiger partial charge in [0, 0.05) is 38.3 Å². The quantitative estimate of drug-likeness (QED) is 0.512. The standard InChI is InChI=1S/C23H29N3O4/c1-29-20-11-6-5-10-19(20)16-25-23(28)22(27)24-12-7-13-26-14-15-30-21(17-26)18-8-3-2-4-9-18/h2-6,8-11,21H,7,12-17H2,1H3,(H,24,27)(H,25,28). The van der Waals surface area contributed by atoms with Crippen LogP contribution >= 0.6 is 0 Å². The van der Waals surface area contributed by atoms with E-state index in [0.29, 0.717) is 18.9 Å². The smallest absolute Gasteiger partial charge is 0.309 e. The highest BCUT2D eigenvalue weighted by molar-refractivity contribution is 6.35. The van der Waals surface area contributed by atoms with Gasteiger partial charge >= 0.3 is 11.8 Å². The van der Waals surface area contributed by atoms with E-state index in [-0.39, 0.29) is 12.6 Å². The summed E-state index contributed by atoms with van der Waals surface area (Å²) in [4.78, 5) is 26.4. The van der Waals surface area contributed by atoms with Gasteiger partial charge in [-0.3, -0.25) is 14.5 Å². The predicted molar refractivity (Wildman–Crippen MR) is 114 cm³/mol. The number of hydrogen-bond acceptors (Lipinski definition) is 5. The fourth-order valence-electron chi connectivity index (χ4n) is 3.46. The molecule has 1 heterocycles. The molecule has 2 aromatic carbocycles. The van der Waals surface area contributed by atoms with Gasteiger partial charge in [-0.05, 0) is 18.1 Å². The molecule has 0 radical (unpaired) electrons. The minimum absolute atomic E-state index is 0.0790. The predicted octanol–water partition coefficient (Wildman–Crippen LogP) is 1.89. The average Bonchev–Trinajstić information content (AvgIpc) is 2.81. The van der Waals surface area contributed by atoms with Gasteiger partial charge < -0.3 is 20.1 Å². The molecule has 160 valence electrons. The first kappa shape index (κ1) is 21.8.